The summed E-state index contributed by atoms with van der Waals surface area (Å²) in [5, 5.41) is 2.94. The molecule has 148 valence electrons. The Morgan fingerprint density at radius 2 is 1.81 bits per heavy atom. The first-order valence-electron chi connectivity index (χ1n) is 10.2. The topological polar surface area (TPSA) is 55.9 Å². The molecule has 0 aromatic heterocycles. The van der Waals surface area contributed by atoms with Crippen LogP contribution in [-0.4, -0.2) is 73.0 Å². The highest BCUT2D eigenvalue weighted by Gasteiger charge is 2.35. The summed E-state index contributed by atoms with van der Waals surface area (Å²) in [7, 11) is 0. The summed E-state index contributed by atoms with van der Waals surface area (Å²) in [6, 6.07) is 10.2. The Labute approximate surface area is 162 Å². The normalized spacial score (nSPS) is 22.3. The molecule has 2 aliphatic rings. The van der Waals surface area contributed by atoms with E-state index in [2.05, 4.69) is 15.1 Å². The highest BCUT2D eigenvalue weighted by Crippen LogP contribution is 2.24. The predicted octanol–water partition coefficient (Wildman–Crippen LogP) is 1.71. The van der Waals surface area contributed by atoms with Gasteiger partial charge < -0.3 is 15.1 Å². The zero-order chi connectivity index (χ0) is 19.2. The van der Waals surface area contributed by atoms with Crippen molar-refractivity contribution in [2.24, 2.45) is 0 Å². The van der Waals surface area contributed by atoms with Crippen molar-refractivity contribution in [1.29, 1.82) is 0 Å². The lowest BCUT2D eigenvalue weighted by molar-refractivity contribution is -0.126. The van der Waals surface area contributed by atoms with Gasteiger partial charge in [0.2, 0.25) is 11.8 Å². The third-order valence-corrected chi connectivity index (χ3v) is 5.43. The first-order chi connectivity index (χ1) is 13.0. The van der Waals surface area contributed by atoms with E-state index in [4.69, 9.17) is 0 Å². The van der Waals surface area contributed by atoms with Crippen LogP contribution in [-0.2, 0) is 9.59 Å². The largest absolute Gasteiger partial charge is 0.354 e. The van der Waals surface area contributed by atoms with Gasteiger partial charge in [-0.25, -0.2) is 0 Å². The molecule has 1 atom stereocenters. The average Bonchev–Trinajstić information content (AvgIpc) is 2.67. The lowest BCUT2D eigenvalue weighted by Gasteiger charge is -2.42. The van der Waals surface area contributed by atoms with E-state index in [0.29, 0.717) is 6.42 Å². The number of anilines is 1. The summed E-state index contributed by atoms with van der Waals surface area (Å²) in [6.07, 6.45) is 2.53. The van der Waals surface area contributed by atoms with Crippen molar-refractivity contribution in [1.82, 2.24) is 15.1 Å². The van der Waals surface area contributed by atoms with Crippen molar-refractivity contribution >= 4 is 17.5 Å². The van der Waals surface area contributed by atoms with Gasteiger partial charge in [-0.15, -0.1) is 0 Å². The molecular formula is C21H32N4O2. The summed E-state index contributed by atoms with van der Waals surface area (Å²) < 4.78 is 0. The molecule has 1 unspecified atom stereocenters. The van der Waals surface area contributed by atoms with E-state index < -0.39 is 0 Å². The molecule has 1 N–H and O–H groups in total. The molecule has 2 saturated heterocycles. The summed E-state index contributed by atoms with van der Waals surface area (Å²) in [4.78, 5) is 31.5. The van der Waals surface area contributed by atoms with Gasteiger partial charge >= 0.3 is 0 Å². The van der Waals surface area contributed by atoms with E-state index in [1.54, 1.807) is 0 Å². The van der Waals surface area contributed by atoms with E-state index in [0.717, 1.165) is 57.8 Å². The van der Waals surface area contributed by atoms with Crippen molar-refractivity contribution in [3.05, 3.63) is 30.3 Å². The quantitative estimate of drug-likeness (QED) is 0.826. The second-order valence-corrected chi connectivity index (χ2v) is 7.83. The molecule has 0 saturated carbocycles. The molecule has 3 rings (SSSR count). The van der Waals surface area contributed by atoms with Gasteiger partial charge in [-0.3, -0.25) is 14.5 Å². The number of para-hydroxylation sites is 1. The maximum Gasteiger partial charge on any atom is 0.244 e. The first-order valence-corrected chi connectivity index (χ1v) is 10.2. The Morgan fingerprint density at radius 3 is 2.48 bits per heavy atom. The van der Waals surface area contributed by atoms with Crippen LogP contribution in [0.25, 0.3) is 0 Å². The second kappa shape index (κ2) is 9.33. The smallest absolute Gasteiger partial charge is 0.244 e. The number of hydrogen-bond acceptors (Lipinski definition) is 4. The minimum Gasteiger partial charge on any atom is -0.354 e. The summed E-state index contributed by atoms with van der Waals surface area (Å²) in [5.74, 6) is 0.352. The van der Waals surface area contributed by atoms with Crippen LogP contribution in [0, 0.1) is 0 Å². The Balaban J connectivity index is 1.49. The Bertz CT molecular complexity index is 626. The molecule has 27 heavy (non-hydrogen) atoms. The Hall–Kier alpha value is -1.92. The number of piperidine rings is 1. The molecule has 0 aliphatic carbocycles. The minimum absolute atomic E-state index is 0.00894. The van der Waals surface area contributed by atoms with Crippen molar-refractivity contribution < 1.29 is 9.59 Å². The SMILES string of the molecule is CC(C)NC(=O)CCN1CCN(C2CCCN(c3ccccc3)C2=O)CC1. The van der Waals surface area contributed by atoms with E-state index >= 15 is 0 Å². The molecule has 2 fully saturated rings. The van der Waals surface area contributed by atoms with Gasteiger partial charge in [0.1, 0.15) is 0 Å². The number of nitrogens with zero attached hydrogens (tertiary/aromatic N) is 3. The van der Waals surface area contributed by atoms with Crippen LogP contribution in [0.1, 0.15) is 33.1 Å². The molecule has 1 aromatic rings. The minimum atomic E-state index is -0.00894. The molecule has 0 radical (unpaired) electrons. The predicted molar refractivity (Wildman–Crippen MR) is 108 cm³/mol. The van der Waals surface area contributed by atoms with Crippen molar-refractivity contribution in [3.8, 4) is 0 Å². The number of hydrogen-bond donors (Lipinski definition) is 1. The van der Waals surface area contributed by atoms with Gasteiger partial charge in [0.05, 0.1) is 6.04 Å². The molecule has 6 nitrogen and oxygen atoms in total. The maximum atomic E-state index is 13.0. The van der Waals surface area contributed by atoms with Gasteiger partial charge in [0.25, 0.3) is 0 Å². The molecule has 2 amide bonds. The van der Waals surface area contributed by atoms with Crippen LogP contribution in [0.3, 0.4) is 0 Å². The molecule has 0 spiro atoms. The van der Waals surface area contributed by atoms with E-state index in [-0.39, 0.29) is 23.9 Å². The number of carbonyl (C=O) groups is 2. The fraction of sp³-hybridized carbons (Fsp3) is 0.619. The number of carbonyl (C=O) groups excluding carboxylic acids is 2. The lowest BCUT2D eigenvalue weighted by Crippen LogP contribution is -2.58. The molecule has 2 aliphatic heterocycles. The number of piperazine rings is 1. The van der Waals surface area contributed by atoms with E-state index in [1.165, 1.54) is 0 Å². The molecule has 1 aromatic carbocycles. The van der Waals surface area contributed by atoms with Crippen LogP contribution < -0.4 is 10.2 Å². The fourth-order valence-electron chi connectivity index (χ4n) is 4.01. The molecule has 0 bridgehead atoms. The van der Waals surface area contributed by atoms with E-state index in [9.17, 15) is 9.59 Å². The summed E-state index contributed by atoms with van der Waals surface area (Å²) >= 11 is 0. The zero-order valence-electron chi connectivity index (χ0n) is 16.6. The third-order valence-electron chi connectivity index (χ3n) is 5.43. The molecule has 6 heteroatoms. The first kappa shape index (κ1) is 19.8. The summed E-state index contributed by atoms with van der Waals surface area (Å²) in [6.45, 7) is 9.20. The van der Waals surface area contributed by atoms with E-state index in [1.807, 2.05) is 49.1 Å². The molecule has 2 heterocycles. The summed E-state index contributed by atoms with van der Waals surface area (Å²) in [5.41, 5.74) is 1.00. The Morgan fingerprint density at radius 1 is 1.11 bits per heavy atom. The van der Waals surface area contributed by atoms with Gasteiger partial charge in [0.15, 0.2) is 0 Å². The van der Waals surface area contributed by atoms with Crippen LogP contribution in [0.2, 0.25) is 0 Å². The van der Waals surface area contributed by atoms with Crippen LogP contribution in [0.15, 0.2) is 30.3 Å². The number of rotatable bonds is 6. The third kappa shape index (κ3) is 5.30. The van der Waals surface area contributed by atoms with Crippen LogP contribution in [0.5, 0.6) is 0 Å². The number of amides is 2. The maximum absolute atomic E-state index is 13.0. The monoisotopic (exact) mass is 372 g/mol. The standard InChI is InChI=1S/C21H32N4O2/c1-17(2)22-20(26)10-12-23-13-15-24(16-14-23)19-9-6-11-25(21(19)27)18-7-4-3-5-8-18/h3-5,7-8,17,19H,6,9-16H2,1-2H3,(H,22,26). The van der Waals surface area contributed by atoms with Crippen LogP contribution in [0.4, 0.5) is 5.69 Å². The Kier molecular flexibility index (Phi) is 6.85. The average molecular weight is 373 g/mol. The van der Waals surface area contributed by atoms with Crippen molar-refractivity contribution in [2.45, 2.75) is 45.2 Å². The van der Waals surface area contributed by atoms with Gasteiger partial charge in [0, 0.05) is 57.4 Å². The lowest BCUT2D eigenvalue weighted by atomic mass is 10.0. The molecular weight excluding hydrogens is 340 g/mol. The highest BCUT2D eigenvalue weighted by molar-refractivity contribution is 5.97. The van der Waals surface area contributed by atoms with Crippen LogP contribution >= 0.6 is 0 Å². The van der Waals surface area contributed by atoms with Gasteiger partial charge in [-0.2, -0.15) is 0 Å². The number of nitrogens with one attached hydrogen (secondary N) is 1. The number of benzene rings is 1. The van der Waals surface area contributed by atoms with Gasteiger partial charge in [-0.1, -0.05) is 18.2 Å². The highest BCUT2D eigenvalue weighted by atomic mass is 16.2. The zero-order valence-corrected chi connectivity index (χ0v) is 16.6. The van der Waals surface area contributed by atoms with Crippen molar-refractivity contribution in [2.75, 3.05) is 44.2 Å². The van der Waals surface area contributed by atoms with Gasteiger partial charge in [-0.05, 0) is 38.8 Å². The second-order valence-electron chi connectivity index (χ2n) is 7.83. The van der Waals surface area contributed by atoms with Crippen molar-refractivity contribution in [3.63, 3.8) is 0 Å². The fourth-order valence-corrected chi connectivity index (χ4v) is 4.01.